The molecule has 1 heterocycles. The van der Waals surface area contributed by atoms with Gasteiger partial charge in [-0.2, -0.15) is 5.10 Å². The Morgan fingerprint density at radius 2 is 1.72 bits per heavy atom. The number of nitrogens with zero attached hydrogens (tertiary/aromatic N) is 1. The van der Waals surface area contributed by atoms with Crippen LogP contribution in [-0.2, 0) is 28.8 Å². The maximum atomic E-state index is 12.5. The lowest BCUT2D eigenvalue weighted by Crippen LogP contribution is -2.43. The van der Waals surface area contributed by atoms with Crippen molar-refractivity contribution in [3.8, 4) is 11.1 Å². The van der Waals surface area contributed by atoms with Crippen molar-refractivity contribution in [1.29, 1.82) is 0 Å². The Hall–Kier alpha value is -3.61. The molecular formula is C25H25N3O4. The zero-order chi connectivity index (χ0) is 22.1. The van der Waals surface area contributed by atoms with Gasteiger partial charge in [0.05, 0.1) is 5.69 Å². The fraction of sp³-hybridized carbons (Fsp3) is 0.320. The number of benzene rings is 2. The van der Waals surface area contributed by atoms with Crippen LogP contribution in [0.1, 0.15) is 46.8 Å². The van der Waals surface area contributed by atoms with Gasteiger partial charge in [0, 0.05) is 18.0 Å². The van der Waals surface area contributed by atoms with Crippen molar-refractivity contribution in [3.63, 3.8) is 0 Å². The van der Waals surface area contributed by atoms with Crippen LogP contribution in [0, 0.1) is 0 Å². The van der Waals surface area contributed by atoms with Crippen LogP contribution in [-0.4, -0.2) is 40.0 Å². The zero-order valence-electron chi connectivity index (χ0n) is 17.6. The van der Waals surface area contributed by atoms with Gasteiger partial charge in [-0.3, -0.25) is 5.10 Å². The first-order chi connectivity index (χ1) is 15.6. The minimum Gasteiger partial charge on any atom is -0.480 e. The molecule has 0 aliphatic heterocycles. The third-order valence-electron chi connectivity index (χ3n) is 6.47. The van der Waals surface area contributed by atoms with E-state index in [0.717, 1.165) is 59.2 Å². The number of rotatable bonds is 6. The number of carboxylic acid groups (broad SMARTS) is 1. The highest BCUT2D eigenvalue weighted by Crippen LogP contribution is 2.44. The Balaban J connectivity index is 1.26. The monoisotopic (exact) mass is 431 g/mol. The Morgan fingerprint density at radius 1 is 1.06 bits per heavy atom. The van der Waals surface area contributed by atoms with E-state index < -0.39 is 18.1 Å². The lowest BCUT2D eigenvalue weighted by atomic mass is 9.94. The quantitative estimate of drug-likeness (QED) is 0.550. The maximum Gasteiger partial charge on any atom is 0.407 e. The van der Waals surface area contributed by atoms with Crippen LogP contribution >= 0.6 is 0 Å². The van der Waals surface area contributed by atoms with Crippen LogP contribution in [0.4, 0.5) is 4.79 Å². The van der Waals surface area contributed by atoms with Crippen LogP contribution in [0.3, 0.4) is 0 Å². The zero-order valence-corrected chi connectivity index (χ0v) is 17.6. The molecule has 0 spiro atoms. The normalized spacial score (nSPS) is 15.4. The fourth-order valence-corrected chi connectivity index (χ4v) is 4.89. The van der Waals surface area contributed by atoms with Crippen molar-refractivity contribution in [2.75, 3.05) is 6.61 Å². The van der Waals surface area contributed by atoms with Gasteiger partial charge in [0.1, 0.15) is 12.6 Å². The first kappa shape index (κ1) is 20.3. The van der Waals surface area contributed by atoms with E-state index in [-0.39, 0.29) is 18.9 Å². The molecule has 2 aliphatic carbocycles. The number of aryl methyl sites for hydroxylation is 1. The minimum absolute atomic E-state index is 0.0743. The second kappa shape index (κ2) is 8.49. The number of nitrogens with one attached hydrogen (secondary N) is 2. The number of carboxylic acids is 1. The number of aromatic amines is 1. The number of aromatic nitrogens is 2. The molecule has 0 fully saturated rings. The summed E-state index contributed by atoms with van der Waals surface area (Å²) in [5.41, 5.74) is 7.39. The molecule has 0 saturated carbocycles. The largest absolute Gasteiger partial charge is 0.480 e. The molecule has 3 N–H and O–H groups in total. The number of hydrogen-bond acceptors (Lipinski definition) is 4. The third kappa shape index (κ3) is 3.75. The fourth-order valence-electron chi connectivity index (χ4n) is 4.89. The van der Waals surface area contributed by atoms with E-state index in [9.17, 15) is 14.7 Å². The molecule has 1 aromatic heterocycles. The van der Waals surface area contributed by atoms with E-state index in [0.29, 0.717) is 5.69 Å². The summed E-state index contributed by atoms with van der Waals surface area (Å²) >= 11 is 0. The van der Waals surface area contributed by atoms with Crippen LogP contribution in [0.25, 0.3) is 11.1 Å². The standard InChI is InChI=1S/C25H25N3O4/c29-24(30)23(13-22-19-11-5-6-12-21(19)27-28-22)26-25(31)32-14-20-17-9-3-1-7-15(17)16-8-2-4-10-18(16)20/h1-4,7-10,20,23H,5-6,11-14H2,(H,26,31)(H,27,28)(H,29,30). The van der Waals surface area contributed by atoms with Gasteiger partial charge in [0.25, 0.3) is 0 Å². The Bertz CT molecular complexity index is 1120. The predicted molar refractivity (Wildman–Crippen MR) is 119 cm³/mol. The van der Waals surface area contributed by atoms with Gasteiger partial charge in [-0.1, -0.05) is 48.5 Å². The molecule has 3 aromatic rings. The second-order valence-electron chi connectivity index (χ2n) is 8.40. The lowest BCUT2D eigenvalue weighted by molar-refractivity contribution is -0.139. The highest BCUT2D eigenvalue weighted by atomic mass is 16.5. The Kier molecular flexibility index (Phi) is 5.39. The van der Waals surface area contributed by atoms with E-state index in [1.54, 1.807) is 0 Å². The van der Waals surface area contributed by atoms with Crippen LogP contribution in [0.15, 0.2) is 48.5 Å². The maximum absolute atomic E-state index is 12.5. The molecule has 1 atom stereocenters. The molecule has 1 amide bonds. The number of H-pyrrole nitrogens is 1. The molecule has 0 radical (unpaired) electrons. The summed E-state index contributed by atoms with van der Waals surface area (Å²) in [7, 11) is 0. The van der Waals surface area contributed by atoms with Gasteiger partial charge < -0.3 is 15.2 Å². The first-order valence-electron chi connectivity index (χ1n) is 11.0. The number of ether oxygens (including phenoxy) is 1. The van der Waals surface area contributed by atoms with Crippen molar-refractivity contribution >= 4 is 12.1 Å². The van der Waals surface area contributed by atoms with Gasteiger partial charge in [-0.05, 0) is 53.5 Å². The number of aliphatic carboxylic acids is 1. The molecule has 2 aliphatic rings. The van der Waals surface area contributed by atoms with Crippen molar-refractivity contribution in [3.05, 3.63) is 76.6 Å². The van der Waals surface area contributed by atoms with Gasteiger partial charge in [0.2, 0.25) is 0 Å². The number of alkyl carbamates (subject to hydrolysis) is 1. The average molecular weight is 431 g/mol. The van der Waals surface area contributed by atoms with E-state index >= 15 is 0 Å². The summed E-state index contributed by atoms with van der Waals surface area (Å²) in [5.74, 6) is -1.18. The molecular weight excluding hydrogens is 406 g/mol. The minimum atomic E-state index is -1.11. The lowest BCUT2D eigenvalue weighted by Gasteiger charge is -2.18. The van der Waals surface area contributed by atoms with Crippen molar-refractivity contribution in [1.82, 2.24) is 15.5 Å². The molecule has 1 unspecified atom stereocenters. The highest BCUT2D eigenvalue weighted by Gasteiger charge is 2.30. The van der Waals surface area contributed by atoms with Crippen LogP contribution < -0.4 is 5.32 Å². The Morgan fingerprint density at radius 3 is 2.41 bits per heavy atom. The summed E-state index contributed by atoms with van der Waals surface area (Å²) in [5, 5.41) is 19.5. The van der Waals surface area contributed by atoms with Crippen molar-refractivity contribution < 1.29 is 19.4 Å². The first-order valence-corrected chi connectivity index (χ1v) is 11.0. The molecule has 2 aromatic carbocycles. The number of amides is 1. The van der Waals surface area contributed by atoms with Gasteiger partial charge in [0.15, 0.2) is 0 Å². The number of hydrogen-bond donors (Lipinski definition) is 3. The summed E-state index contributed by atoms with van der Waals surface area (Å²) in [6.45, 7) is 0.143. The Labute approximate surface area is 185 Å². The summed E-state index contributed by atoms with van der Waals surface area (Å²) < 4.78 is 5.51. The molecule has 32 heavy (non-hydrogen) atoms. The van der Waals surface area contributed by atoms with Gasteiger partial charge in [-0.25, -0.2) is 9.59 Å². The third-order valence-corrected chi connectivity index (χ3v) is 6.47. The molecule has 5 rings (SSSR count). The molecule has 164 valence electrons. The number of fused-ring (bicyclic) bond motifs is 4. The molecule has 7 heteroatoms. The SMILES string of the molecule is O=C(NC(Cc1n[nH]c2c1CCCC2)C(=O)O)OCC1c2ccccc2-c2ccccc21. The molecule has 0 bridgehead atoms. The summed E-state index contributed by atoms with van der Waals surface area (Å²) in [6.07, 6.45) is 3.39. The van der Waals surface area contributed by atoms with E-state index in [1.165, 1.54) is 0 Å². The predicted octanol–water partition coefficient (Wildman–Crippen LogP) is 3.82. The van der Waals surface area contributed by atoms with Gasteiger partial charge in [-0.15, -0.1) is 0 Å². The van der Waals surface area contributed by atoms with Crippen LogP contribution in [0.2, 0.25) is 0 Å². The smallest absolute Gasteiger partial charge is 0.407 e. The molecule has 7 nitrogen and oxygen atoms in total. The second-order valence-corrected chi connectivity index (χ2v) is 8.40. The molecule has 0 saturated heterocycles. The van der Waals surface area contributed by atoms with E-state index in [1.807, 2.05) is 36.4 Å². The summed E-state index contributed by atoms with van der Waals surface area (Å²) in [4.78, 5) is 24.3. The highest BCUT2D eigenvalue weighted by molar-refractivity contribution is 5.81. The number of carbonyl (C=O) groups excluding carboxylic acids is 1. The van der Waals surface area contributed by atoms with E-state index in [2.05, 4.69) is 27.6 Å². The average Bonchev–Trinajstić information content (AvgIpc) is 3.36. The topological polar surface area (TPSA) is 104 Å². The number of carbonyl (C=O) groups is 2. The summed E-state index contributed by atoms with van der Waals surface area (Å²) in [6, 6.07) is 15.1. The van der Waals surface area contributed by atoms with Crippen LogP contribution in [0.5, 0.6) is 0 Å². The van der Waals surface area contributed by atoms with Crippen molar-refractivity contribution in [2.24, 2.45) is 0 Å². The van der Waals surface area contributed by atoms with Gasteiger partial charge >= 0.3 is 12.1 Å². The van der Waals surface area contributed by atoms with E-state index in [4.69, 9.17) is 4.74 Å². The van der Waals surface area contributed by atoms with Crippen molar-refractivity contribution in [2.45, 2.75) is 44.1 Å².